The number of aryl methyl sites for hydroxylation is 2. The summed E-state index contributed by atoms with van der Waals surface area (Å²) in [6.45, 7) is 5.93. The van der Waals surface area contributed by atoms with Crippen LogP contribution in [0.3, 0.4) is 0 Å². The molecule has 0 atom stereocenters. The molecular formula is C12H19NO2. The predicted octanol–water partition coefficient (Wildman–Crippen LogP) is 2.52. The molecule has 3 heteroatoms. The number of esters is 1. The molecule has 3 nitrogen and oxygen atoms in total. The summed E-state index contributed by atoms with van der Waals surface area (Å²) in [7, 11) is 1.40. The summed E-state index contributed by atoms with van der Waals surface area (Å²) in [5.41, 5.74) is 2.05. The summed E-state index contributed by atoms with van der Waals surface area (Å²) in [5, 5.41) is 0. The first-order valence-corrected chi connectivity index (χ1v) is 5.20. The molecule has 0 saturated carbocycles. The molecule has 0 aliphatic carbocycles. The first kappa shape index (κ1) is 13.6. The zero-order valence-electron chi connectivity index (χ0n) is 9.91. The van der Waals surface area contributed by atoms with E-state index in [9.17, 15) is 4.79 Å². The van der Waals surface area contributed by atoms with Gasteiger partial charge in [0.15, 0.2) is 0 Å². The molecule has 0 unspecified atom stereocenters. The Morgan fingerprint density at radius 1 is 1.40 bits per heavy atom. The average Bonchev–Trinajstić information content (AvgIpc) is 2.30. The van der Waals surface area contributed by atoms with Crippen molar-refractivity contribution in [3.8, 4) is 0 Å². The fourth-order valence-corrected chi connectivity index (χ4v) is 0.995. The van der Waals surface area contributed by atoms with Gasteiger partial charge < -0.3 is 4.74 Å². The van der Waals surface area contributed by atoms with E-state index >= 15 is 0 Å². The maximum absolute atomic E-state index is 10.8. The van der Waals surface area contributed by atoms with Crippen molar-refractivity contribution in [1.29, 1.82) is 0 Å². The van der Waals surface area contributed by atoms with Gasteiger partial charge in [-0.1, -0.05) is 19.9 Å². The number of carbonyl (C=O) groups is 1. The minimum Gasteiger partial charge on any atom is -0.469 e. The second-order valence-electron chi connectivity index (χ2n) is 2.88. The lowest BCUT2D eigenvalue weighted by molar-refractivity contribution is -0.140. The third kappa shape index (κ3) is 5.83. The molecule has 0 aliphatic heterocycles. The maximum atomic E-state index is 10.8. The largest absolute Gasteiger partial charge is 0.469 e. The van der Waals surface area contributed by atoms with Crippen LogP contribution in [-0.4, -0.2) is 18.1 Å². The third-order valence-electron chi connectivity index (χ3n) is 1.82. The SMILES string of the molecule is CC.COC(=O)CCc1ccc(C)nc1. The van der Waals surface area contributed by atoms with Crippen LogP contribution in [0.2, 0.25) is 0 Å². The van der Waals surface area contributed by atoms with E-state index in [1.807, 2.05) is 32.9 Å². The topological polar surface area (TPSA) is 39.2 Å². The standard InChI is InChI=1S/C10H13NO2.C2H6/c1-8-3-4-9(7-11-8)5-6-10(12)13-2;1-2/h3-4,7H,5-6H2,1-2H3;1-2H3. The summed E-state index contributed by atoms with van der Waals surface area (Å²) in [6.07, 6.45) is 2.90. The van der Waals surface area contributed by atoms with Gasteiger partial charge in [0.1, 0.15) is 0 Å². The lowest BCUT2D eigenvalue weighted by Gasteiger charge is -1.99. The van der Waals surface area contributed by atoms with Gasteiger partial charge in [0, 0.05) is 18.3 Å². The number of ether oxygens (including phenoxy) is 1. The van der Waals surface area contributed by atoms with Crippen molar-refractivity contribution in [3.05, 3.63) is 29.6 Å². The molecule has 0 amide bonds. The predicted molar refractivity (Wildman–Crippen MR) is 60.7 cm³/mol. The number of hydrogen-bond acceptors (Lipinski definition) is 3. The lowest BCUT2D eigenvalue weighted by atomic mass is 10.1. The van der Waals surface area contributed by atoms with Crippen molar-refractivity contribution in [2.24, 2.45) is 0 Å². The Morgan fingerprint density at radius 2 is 2.07 bits per heavy atom. The molecule has 0 N–H and O–H groups in total. The number of hydrogen-bond donors (Lipinski definition) is 0. The molecule has 0 spiro atoms. The van der Waals surface area contributed by atoms with Crippen molar-refractivity contribution in [1.82, 2.24) is 4.98 Å². The van der Waals surface area contributed by atoms with Crippen LogP contribution in [0.1, 0.15) is 31.5 Å². The van der Waals surface area contributed by atoms with Gasteiger partial charge in [0.25, 0.3) is 0 Å². The van der Waals surface area contributed by atoms with Crippen molar-refractivity contribution in [2.75, 3.05) is 7.11 Å². The van der Waals surface area contributed by atoms with Crippen LogP contribution < -0.4 is 0 Å². The highest BCUT2D eigenvalue weighted by molar-refractivity contribution is 5.69. The number of methoxy groups -OCH3 is 1. The number of nitrogens with zero attached hydrogens (tertiary/aromatic N) is 1. The van der Waals surface area contributed by atoms with E-state index in [4.69, 9.17) is 0 Å². The number of pyridine rings is 1. The monoisotopic (exact) mass is 209 g/mol. The first-order valence-electron chi connectivity index (χ1n) is 5.20. The highest BCUT2D eigenvalue weighted by Gasteiger charge is 2.00. The van der Waals surface area contributed by atoms with Gasteiger partial charge >= 0.3 is 5.97 Å². The zero-order chi connectivity index (χ0) is 11.7. The average molecular weight is 209 g/mol. The van der Waals surface area contributed by atoms with Crippen LogP contribution in [-0.2, 0) is 16.0 Å². The third-order valence-corrected chi connectivity index (χ3v) is 1.82. The molecule has 0 radical (unpaired) electrons. The quantitative estimate of drug-likeness (QED) is 0.718. The smallest absolute Gasteiger partial charge is 0.305 e. The number of rotatable bonds is 3. The minimum atomic E-state index is -0.180. The molecule has 0 saturated heterocycles. The van der Waals surface area contributed by atoms with Crippen LogP contribution in [0.4, 0.5) is 0 Å². The molecule has 0 aliphatic rings. The molecule has 0 fully saturated rings. The van der Waals surface area contributed by atoms with Crippen LogP contribution in [0.5, 0.6) is 0 Å². The normalized spacial score (nSPS) is 8.80. The van der Waals surface area contributed by atoms with Crippen LogP contribution in [0.25, 0.3) is 0 Å². The van der Waals surface area contributed by atoms with E-state index in [0.29, 0.717) is 12.8 Å². The molecule has 84 valence electrons. The van der Waals surface area contributed by atoms with E-state index in [1.165, 1.54) is 7.11 Å². The van der Waals surface area contributed by atoms with E-state index in [2.05, 4.69) is 9.72 Å². The summed E-state index contributed by atoms with van der Waals surface area (Å²) in [6, 6.07) is 3.91. The van der Waals surface area contributed by atoms with Crippen LogP contribution >= 0.6 is 0 Å². The van der Waals surface area contributed by atoms with Crippen molar-refractivity contribution in [2.45, 2.75) is 33.6 Å². The van der Waals surface area contributed by atoms with Gasteiger partial charge in [-0.05, 0) is 25.0 Å². The van der Waals surface area contributed by atoms with Gasteiger partial charge in [0.05, 0.1) is 7.11 Å². The first-order chi connectivity index (χ1) is 7.22. The molecule has 1 aromatic heterocycles. The number of carbonyl (C=O) groups excluding carboxylic acids is 1. The van der Waals surface area contributed by atoms with Crippen LogP contribution in [0.15, 0.2) is 18.3 Å². The van der Waals surface area contributed by atoms with Crippen LogP contribution in [0, 0.1) is 6.92 Å². The van der Waals surface area contributed by atoms with Gasteiger partial charge in [-0.25, -0.2) is 0 Å². The second kappa shape index (κ2) is 7.97. The lowest BCUT2D eigenvalue weighted by Crippen LogP contribution is -2.02. The molecule has 1 aromatic rings. The molecule has 0 bridgehead atoms. The Bertz CT molecular complexity index is 280. The number of aromatic nitrogens is 1. The van der Waals surface area contributed by atoms with Crippen molar-refractivity contribution < 1.29 is 9.53 Å². The van der Waals surface area contributed by atoms with Gasteiger partial charge in [-0.15, -0.1) is 0 Å². The van der Waals surface area contributed by atoms with Gasteiger partial charge in [-0.3, -0.25) is 9.78 Å². The Labute approximate surface area is 91.5 Å². The Morgan fingerprint density at radius 3 is 2.53 bits per heavy atom. The molecular weight excluding hydrogens is 190 g/mol. The van der Waals surface area contributed by atoms with Gasteiger partial charge in [0.2, 0.25) is 0 Å². The highest BCUT2D eigenvalue weighted by Crippen LogP contribution is 2.03. The minimum absolute atomic E-state index is 0.180. The Kier molecular flexibility index (Phi) is 7.24. The molecule has 1 heterocycles. The fourth-order valence-electron chi connectivity index (χ4n) is 0.995. The molecule has 1 rings (SSSR count). The van der Waals surface area contributed by atoms with E-state index in [1.54, 1.807) is 6.20 Å². The summed E-state index contributed by atoms with van der Waals surface area (Å²) in [5.74, 6) is -0.180. The zero-order valence-corrected chi connectivity index (χ0v) is 9.91. The van der Waals surface area contributed by atoms with E-state index < -0.39 is 0 Å². The molecule has 15 heavy (non-hydrogen) atoms. The van der Waals surface area contributed by atoms with Crippen molar-refractivity contribution in [3.63, 3.8) is 0 Å². The van der Waals surface area contributed by atoms with Gasteiger partial charge in [-0.2, -0.15) is 0 Å². The van der Waals surface area contributed by atoms with Crippen molar-refractivity contribution >= 4 is 5.97 Å². The Balaban J connectivity index is 0.000000921. The fraction of sp³-hybridized carbons (Fsp3) is 0.500. The summed E-state index contributed by atoms with van der Waals surface area (Å²) in [4.78, 5) is 14.9. The second-order valence-corrected chi connectivity index (χ2v) is 2.88. The highest BCUT2D eigenvalue weighted by atomic mass is 16.5. The molecule has 0 aromatic carbocycles. The van der Waals surface area contributed by atoms with E-state index in [-0.39, 0.29) is 5.97 Å². The van der Waals surface area contributed by atoms with E-state index in [0.717, 1.165) is 11.3 Å². The summed E-state index contributed by atoms with van der Waals surface area (Å²) >= 11 is 0. The maximum Gasteiger partial charge on any atom is 0.305 e. The Hall–Kier alpha value is -1.38. The summed E-state index contributed by atoms with van der Waals surface area (Å²) < 4.78 is 4.54.